The number of benzene rings is 3. The summed E-state index contributed by atoms with van der Waals surface area (Å²) >= 11 is 0. The third-order valence-corrected chi connectivity index (χ3v) is 4.56. The standard InChI is InChI=1S/C24H23F2NO3/c1-24(2,30-21-12-8-19(25)9-13-21)23(28)27-20-10-6-16(7-11-20)17-4-5-18(15-29-3)22(26)14-17/h4-14H,15H2,1-3H3,(H,27,28). The van der Waals surface area contributed by atoms with Gasteiger partial charge in [-0.3, -0.25) is 4.79 Å². The maximum absolute atomic E-state index is 14.1. The molecule has 1 amide bonds. The van der Waals surface area contributed by atoms with Crippen molar-refractivity contribution >= 4 is 11.6 Å². The minimum absolute atomic E-state index is 0.215. The number of nitrogens with one attached hydrogen (secondary N) is 1. The van der Waals surface area contributed by atoms with Gasteiger partial charge in [0.2, 0.25) is 0 Å². The minimum Gasteiger partial charge on any atom is -0.478 e. The highest BCUT2D eigenvalue weighted by atomic mass is 19.1. The van der Waals surface area contributed by atoms with Gasteiger partial charge in [0.15, 0.2) is 5.60 Å². The van der Waals surface area contributed by atoms with E-state index in [-0.39, 0.29) is 24.1 Å². The molecule has 0 bridgehead atoms. The first kappa shape index (κ1) is 21.5. The summed E-state index contributed by atoms with van der Waals surface area (Å²) in [7, 11) is 1.52. The second-order valence-electron chi connectivity index (χ2n) is 7.34. The summed E-state index contributed by atoms with van der Waals surface area (Å²) in [4.78, 5) is 12.6. The summed E-state index contributed by atoms with van der Waals surface area (Å²) in [6.45, 7) is 3.47. The van der Waals surface area contributed by atoms with Crippen molar-refractivity contribution < 1.29 is 23.0 Å². The number of rotatable bonds is 7. The zero-order valence-corrected chi connectivity index (χ0v) is 17.0. The van der Waals surface area contributed by atoms with Crippen LogP contribution in [-0.2, 0) is 16.1 Å². The molecule has 0 aromatic heterocycles. The van der Waals surface area contributed by atoms with Crippen molar-refractivity contribution in [2.24, 2.45) is 0 Å². The van der Waals surface area contributed by atoms with Crippen molar-refractivity contribution in [1.29, 1.82) is 0 Å². The molecular formula is C24H23F2NO3. The van der Waals surface area contributed by atoms with E-state index in [9.17, 15) is 13.6 Å². The van der Waals surface area contributed by atoms with E-state index in [1.165, 1.54) is 37.4 Å². The van der Waals surface area contributed by atoms with Crippen molar-refractivity contribution in [1.82, 2.24) is 0 Å². The molecule has 0 spiro atoms. The number of halogens is 2. The fourth-order valence-corrected chi connectivity index (χ4v) is 2.87. The fraction of sp³-hybridized carbons (Fsp3) is 0.208. The summed E-state index contributed by atoms with van der Waals surface area (Å²) < 4.78 is 37.8. The van der Waals surface area contributed by atoms with Crippen LogP contribution < -0.4 is 10.1 Å². The van der Waals surface area contributed by atoms with Gasteiger partial charge in [-0.25, -0.2) is 8.78 Å². The topological polar surface area (TPSA) is 47.6 Å². The largest absolute Gasteiger partial charge is 0.478 e. The second-order valence-corrected chi connectivity index (χ2v) is 7.34. The zero-order chi connectivity index (χ0) is 21.7. The molecule has 3 aromatic carbocycles. The van der Waals surface area contributed by atoms with Gasteiger partial charge in [0.25, 0.3) is 5.91 Å². The van der Waals surface area contributed by atoms with E-state index >= 15 is 0 Å². The molecule has 0 saturated carbocycles. The van der Waals surface area contributed by atoms with E-state index in [1.54, 1.807) is 44.2 Å². The van der Waals surface area contributed by atoms with Crippen LogP contribution in [0, 0.1) is 11.6 Å². The first-order chi connectivity index (χ1) is 14.3. The molecule has 1 N–H and O–H groups in total. The van der Waals surface area contributed by atoms with Crippen LogP contribution in [0.15, 0.2) is 66.7 Å². The van der Waals surface area contributed by atoms with E-state index in [0.717, 1.165) is 11.1 Å². The Morgan fingerprint density at radius 3 is 2.17 bits per heavy atom. The summed E-state index contributed by atoms with van der Waals surface area (Å²) in [6, 6.07) is 17.5. The molecular weight excluding hydrogens is 388 g/mol. The van der Waals surface area contributed by atoms with Crippen LogP contribution in [0.4, 0.5) is 14.5 Å². The zero-order valence-electron chi connectivity index (χ0n) is 17.0. The van der Waals surface area contributed by atoms with Gasteiger partial charge in [-0.2, -0.15) is 0 Å². The highest BCUT2D eigenvalue weighted by Crippen LogP contribution is 2.25. The van der Waals surface area contributed by atoms with E-state index in [0.29, 0.717) is 17.0 Å². The lowest BCUT2D eigenvalue weighted by molar-refractivity contribution is -0.128. The minimum atomic E-state index is -1.17. The third kappa shape index (κ3) is 5.21. The number of carbonyl (C=O) groups excluding carboxylic acids is 1. The van der Waals surface area contributed by atoms with Gasteiger partial charge in [-0.15, -0.1) is 0 Å². The first-order valence-electron chi connectivity index (χ1n) is 9.42. The number of anilines is 1. The van der Waals surface area contributed by atoms with Gasteiger partial charge in [0.05, 0.1) is 6.61 Å². The second kappa shape index (κ2) is 9.05. The normalized spacial score (nSPS) is 11.2. The smallest absolute Gasteiger partial charge is 0.267 e. The molecule has 30 heavy (non-hydrogen) atoms. The fourth-order valence-electron chi connectivity index (χ4n) is 2.87. The molecule has 0 atom stereocenters. The first-order valence-corrected chi connectivity index (χ1v) is 9.42. The van der Waals surface area contributed by atoms with Gasteiger partial charge >= 0.3 is 0 Å². The SMILES string of the molecule is COCc1ccc(-c2ccc(NC(=O)C(C)(C)Oc3ccc(F)cc3)cc2)cc1F. The lowest BCUT2D eigenvalue weighted by atomic mass is 10.0. The van der Waals surface area contributed by atoms with Crippen LogP contribution in [0.1, 0.15) is 19.4 Å². The maximum Gasteiger partial charge on any atom is 0.267 e. The Morgan fingerprint density at radius 1 is 0.933 bits per heavy atom. The van der Waals surface area contributed by atoms with Crippen molar-refractivity contribution in [3.8, 4) is 16.9 Å². The quantitative estimate of drug-likeness (QED) is 0.553. The predicted molar refractivity (Wildman–Crippen MR) is 112 cm³/mol. The summed E-state index contributed by atoms with van der Waals surface area (Å²) in [5.41, 5.74) is 1.45. The molecule has 3 rings (SSSR count). The Balaban J connectivity index is 1.68. The average Bonchev–Trinajstić information content (AvgIpc) is 2.72. The number of methoxy groups -OCH3 is 1. The Hall–Kier alpha value is -3.25. The third-order valence-electron chi connectivity index (χ3n) is 4.56. The van der Waals surface area contributed by atoms with Crippen LogP contribution in [0.3, 0.4) is 0 Å². The van der Waals surface area contributed by atoms with Crippen molar-refractivity contribution in [2.75, 3.05) is 12.4 Å². The lowest BCUT2D eigenvalue weighted by Crippen LogP contribution is -2.42. The van der Waals surface area contributed by atoms with Crippen LogP contribution in [0.25, 0.3) is 11.1 Å². The Bertz CT molecular complexity index is 1020. The van der Waals surface area contributed by atoms with E-state index in [1.807, 2.05) is 6.07 Å². The summed E-state index contributed by atoms with van der Waals surface area (Å²) in [5, 5.41) is 2.80. The Morgan fingerprint density at radius 2 is 1.57 bits per heavy atom. The van der Waals surface area contributed by atoms with E-state index in [2.05, 4.69) is 5.32 Å². The molecule has 0 fully saturated rings. The molecule has 0 heterocycles. The maximum atomic E-state index is 14.1. The van der Waals surface area contributed by atoms with Crippen LogP contribution in [0.5, 0.6) is 5.75 Å². The number of hydrogen-bond donors (Lipinski definition) is 1. The van der Waals surface area contributed by atoms with Gasteiger partial charge in [-0.1, -0.05) is 24.3 Å². The Kier molecular flexibility index (Phi) is 6.47. The number of hydrogen-bond acceptors (Lipinski definition) is 3. The van der Waals surface area contributed by atoms with Gasteiger partial charge in [-0.05, 0) is 67.4 Å². The number of carbonyl (C=O) groups is 1. The summed E-state index contributed by atoms with van der Waals surface area (Å²) in [5.74, 6) is -0.662. The van der Waals surface area contributed by atoms with Crippen molar-refractivity contribution in [2.45, 2.75) is 26.1 Å². The van der Waals surface area contributed by atoms with Gasteiger partial charge in [0.1, 0.15) is 17.4 Å². The summed E-state index contributed by atoms with van der Waals surface area (Å²) in [6.07, 6.45) is 0. The van der Waals surface area contributed by atoms with Gasteiger partial charge in [0, 0.05) is 18.4 Å². The van der Waals surface area contributed by atoms with Crippen LogP contribution in [0.2, 0.25) is 0 Å². The van der Waals surface area contributed by atoms with Crippen molar-refractivity contribution in [3.05, 3.63) is 83.9 Å². The monoisotopic (exact) mass is 411 g/mol. The highest BCUT2D eigenvalue weighted by molar-refractivity contribution is 5.97. The van der Waals surface area contributed by atoms with Crippen LogP contribution >= 0.6 is 0 Å². The Labute approximate surface area is 174 Å². The van der Waals surface area contributed by atoms with E-state index < -0.39 is 5.60 Å². The van der Waals surface area contributed by atoms with Gasteiger partial charge < -0.3 is 14.8 Å². The lowest BCUT2D eigenvalue weighted by Gasteiger charge is -2.25. The van der Waals surface area contributed by atoms with E-state index in [4.69, 9.17) is 9.47 Å². The highest BCUT2D eigenvalue weighted by Gasteiger charge is 2.30. The predicted octanol–water partition coefficient (Wildman–Crippen LogP) is 5.57. The van der Waals surface area contributed by atoms with Crippen LogP contribution in [-0.4, -0.2) is 18.6 Å². The molecule has 0 aliphatic rings. The molecule has 0 aliphatic heterocycles. The molecule has 0 saturated heterocycles. The molecule has 0 aliphatic carbocycles. The van der Waals surface area contributed by atoms with Crippen molar-refractivity contribution in [3.63, 3.8) is 0 Å². The average molecular weight is 411 g/mol. The molecule has 0 radical (unpaired) electrons. The molecule has 0 unspecified atom stereocenters. The molecule has 156 valence electrons. The molecule has 3 aromatic rings. The molecule has 4 nitrogen and oxygen atoms in total. The number of ether oxygens (including phenoxy) is 2. The molecule has 6 heteroatoms. The number of amides is 1.